The number of hydrogen-bond donors (Lipinski definition) is 1. The Morgan fingerprint density at radius 3 is 2.79 bits per heavy atom. The molecular formula is C13H19N. The van der Waals surface area contributed by atoms with Crippen molar-refractivity contribution in [2.45, 2.75) is 32.2 Å². The van der Waals surface area contributed by atoms with Gasteiger partial charge in [-0.1, -0.05) is 37.3 Å². The van der Waals surface area contributed by atoms with Crippen molar-refractivity contribution in [2.75, 3.05) is 6.54 Å². The summed E-state index contributed by atoms with van der Waals surface area (Å²) in [6, 6.07) is 11.4. The van der Waals surface area contributed by atoms with Crippen LogP contribution in [0.4, 0.5) is 0 Å². The molecule has 1 heterocycles. The lowest BCUT2D eigenvalue weighted by atomic mass is 9.95. The number of nitrogens with one attached hydrogen (secondary N) is 1. The van der Waals surface area contributed by atoms with Crippen molar-refractivity contribution in [2.24, 2.45) is 5.92 Å². The third kappa shape index (κ3) is 2.36. The van der Waals surface area contributed by atoms with Crippen molar-refractivity contribution < 1.29 is 0 Å². The molecule has 0 bridgehead atoms. The van der Waals surface area contributed by atoms with Crippen LogP contribution < -0.4 is 5.32 Å². The van der Waals surface area contributed by atoms with Gasteiger partial charge in [0.25, 0.3) is 0 Å². The first-order valence-corrected chi connectivity index (χ1v) is 5.64. The second-order valence-electron chi connectivity index (χ2n) is 4.40. The third-order valence-corrected chi connectivity index (χ3v) is 3.10. The second kappa shape index (κ2) is 4.61. The maximum absolute atomic E-state index is 3.63. The van der Waals surface area contributed by atoms with E-state index in [4.69, 9.17) is 0 Å². The second-order valence-corrected chi connectivity index (χ2v) is 4.40. The fraction of sp³-hybridized carbons (Fsp3) is 0.538. The maximum atomic E-state index is 3.63. The lowest BCUT2D eigenvalue weighted by Gasteiger charge is -2.18. The quantitative estimate of drug-likeness (QED) is 0.715. The highest BCUT2D eigenvalue weighted by molar-refractivity contribution is 5.19. The normalized spacial score (nSPS) is 28.4. The molecule has 1 fully saturated rings. The average Bonchev–Trinajstić information content (AvgIpc) is 2.44. The van der Waals surface area contributed by atoms with Crippen LogP contribution >= 0.6 is 0 Å². The average molecular weight is 189 g/mol. The molecular weight excluding hydrogens is 170 g/mol. The summed E-state index contributed by atoms with van der Waals surface area (Å²) in [6.07, 6.45) is 3.98. The molecule has 0 amide bonds. The lowest BCUT2D eigenvalue weighted by molar-refractivity contribution is 0.450. The van der Waals surface area contributed by atoms with E-state index in [1.807, 2.05) is 0 Å². The molecule has 1 aromatic rings. The van der Waals surface area contributed by atoms with E-state index in [2.05, 4.69) is 42.6 Å². The van der Waals surface area contributed by atoms with Gasteiger partial charge in [0.1, 0.15) is 0 Å². The van der Waals surface area contributed by atoms with E-state index in [1.54, 1.807) is 0 Å². The molecule has 1 aliphatic rings. The molecule has 2 rings (SSSR count). The Labute approximate surface area is 86.5 Å². The fourth-order valence-electron chi connectivity index (χ4n) is 2.27. The highest BCUT2D eigenvalue weighted by atomic mass is 14.9. The van der Waals surface area contributed by atoms with Gasteiger partial charge < -0.3 is 5.32 Å². The fourth-order valence-corrected chi connectivity index (χ4v) is 2.27. The smallest absolute Gasteiger partial charge is 0.0322 e. The van der Waals surface area contributed by atoms with Gasteiger partial charge in [-0.2, -0.15) is 0 Å². The predicted molar refractivity (Wildman–Crippen MR) is 60.2 cm³/mol. The molecule has 0 radical (unpaired) electrons. The summed E-state index contributed by atoms with van der Waals surface area (Å²) in [7, 11) is 0. The molecule has 0 aliphatic carbocycles. The van der Waals surface area contributed by atoms with Crippen LogP contribution in [0.25, 0.3) is 0 Å². The van der Waals surface area contributed by atoms with E-state index < -0.39 is 0 Å². The molecule has 1 aliphatic heterocycles. The van der Waals surface area contributed by atoms with Crippen molar-refractivity contribution >= 4 is 0 Å². The van der Waals surface area contributed by atoms with Crippen molar-refractivity contribution in [3.8, 4) is 0 Å². The Balaban J connectivity index is 2.09. The number of rotatable bonds is 1. The summed E-state index contributed by atoms with van der Waals surface area (Å²) >= 11 is 0. The highest BCUT2D eigenvalue weighted by Crippen LogP contribution is 2.26. The Morgan fingerprint density at radius 1 is 1.21 bits per heavy atom. The molecule has 2 atom stereocenters. The topological polar surface area (TPSA) is 12.0 Å². The number of hydrogen-bond acceptors (Lipinski definition) is 1. The zero-order chi connectivity index (χ0) is 9.80. The van der Waals surface area contributed by atoms with E-state index in [0.717, 1.165) is 5.92 Å². The monoisotopic (exact) mass is 189 g/mol. The Bertz CT molecular complexity index is 268. The summed E-state index contributed by atoms with van der Waals surface area (Å²) in [6.45, 7) is 3.53. The van der Waals surface area contributed by atoms with Gasteiger partial charge >= 0.3 is 0 Å². The molecule has 0 aromatic heterocycles. The molecule has 14 heavy (non-hydrogen) atoms. The van der Waals surface area contributed by atoms with Crippen molar-refractivity contribution in [1.29, 1.82) is 0 Å². The third-order valence-electron chi connectivity index (χ3n) is 3.10. The minimum absolute atomic E-state index is 0.577. The summed E-state index contributed by atoms with van der Waals surface area (Å²) in [5, 5.41) is 3.63. The minimum Gasteiger partial charge on any atom is -0.310 e. The summed E-state index contributed by atoms with van der Waals surface area (Å²) < 4.78 is 0. The lowest BCUT2D eigenvalue weighted by Crippen LogP contribution is -2.20. The van der Waals surface area contributed by atoms with E-state index in [0.29, 0.717) is 6.04 Å². The molecule has 1 saturated heterocycles. The van der Waals surface area contributed by atoms with Gasteiger partial charge in [0.15, 0.2) is 0 Å². The summed E-state index contributed by atoms with van der Waals surface area (Å²) in [5.41, 5.74) is 1.45. The summed E-state index contributed by atoms with van der Waals surface area (Å²) in [4.78, 5) is 0. The van der Waals surface area contributed by atoms with Crippen LogP contribution in [0.5, 0.6) is 0 Å². The van der Waals surface area contributed by atoms with E-state index >= 15 is 0 Å². The van der Waals surface area contributed by atoms with Gasteiger partial charge in [0.05, 0.1) is 0 Å². The first-order chi connectivity index (χ1) is 6.86. The van der Waals surface area contributed by atoms with Crippen LogP contribution in [0.2, 0.25) is 0 Å². The van der Waals surface area contributed by atoms with Crippen LogP contribution in [-0.4, -0.2) is 6.54 Å². The van der Waals surface area contributed by atoms with Gasteiger partial charge in [-0.25, -0.2) is 0 Å². The van der Waals surface area contributed by atoms with Crippen molar-refractivity contribution in [1.82, 2.24) is 5.32 Å². The van der Waals surface area contributed by atoms with E-state index in [9.17, 15) is 0 Å². The highest BCUT2D eigenvalue weighted by Gasteiger charge is 2.17. The standard InChI is InChI=1S/C13H19N/c1-11-6-5-9-14-13(10-11)12-7-3-2-4-8-12/h2-4,7-8,11,13-14H,5-6,9-10H2,1H3. The number of benzene rings is 1. The first kappa shape index (κ1) is 9.72. The maximum Gasteiger partial charge on any atom is 0.0322 e. The van der Waals surface area contributed by atoms with Crippen LogP contribution in [-0.2, 0) is 0 Å². The molecule has 0 spiro atoms. The van der Waals surface area contributed by atoms with E-state index in [-0.39, 0.29) is 0 Å². The first-order valence-electron chi connectivity index (χ1n) is 5.64. The van der Waals surface area contributed by atoms with Crippen LogP contribution in [0.15, 0.2) is 30.3 Å². The largest absolute Gasteiger partial charge is 0.310 e. The predicted octanol–water partition coefficient (Wildman–Crippen LogP) is 3.14. The molecule has 1 nitrogen and oxygen atoms in total. The Morgan fingerprint density at radius 2 is 2.00 bits per heavy atom. The van der Waals surface area contributed by atoms with E-state index in [1.165, 1.54) is 31.4 Å². The van der Waals surface area contributed by atoms with Gasteiger partial charge in [-0.05, 0) is 37.3 Å². The van der Waals surface area contributed by atoms with Crippen LogP contribution in [0.3, 0.4) is 0 Å². The van der Waals surface area contributed by atoms with Gasteiger partial charge in [-0.15, -0.1) is 0 Å². The minimum atomic E-state index is 0.577. The molecule has 1 aromatic carbocycles. The SMILES string of the molecule is CC1CCCNC(c2ccccc2)C1. The van der Waals surface area contributed by atoms with Gasteiger partial charge in [-0.3, -0.25) is 0 Å². The van der Waals surface area contributed by atoms with Crippen LogP contribution in [0, 0.1) is 5.92 Å². The molecule has 1 heteroatoms. The molecule has 0 saturated carbocycles. The summed E-state index contributed by atoms with van der Waals surface area (Å²) in [5.74, 6) is 0.857. The van der Waals surface area contributed by atoms with Crippen molar-refractivity contribution in [3.63, 3.8) is 0 Å². The van der Waals surface area contributed by atoms with Gasteiger partial charge in [0, 0.05) is 6.04 Å². The van der Waals surface area contributed by atoms with Crippen molar-refractivity contribution in [3.05, 3.63) is 35.9 Å². The molecule has 1 N–H and O–H groups in total. The molecule has 2 unspecified atom stereocenters. The zero-order valence-corrected chi connectivity index (χ0v) is 8.87. The Kier molecular flexibility index (Phi) is 3.20. The Hall–Kier alpha value is -0.820. The molecule has 76 valence electrons. The van der Waals surface area contributed by atoms with Gasteiger partial charge in [0.2, 0.25) is 0 Å². The zero-order valence-electron chi connectivity index (χ0n) is 8.87. The van der Waals surface area contributed by atoms with Crippen LogP contribution in [0.1, 0.15) is 37.8 Å².